The van der Waals surface area contributed by atoms with E-state index in [0.717, 1.165) is 5.69 Å². The van der Waals surface area contributed by atoms with Gasteiger partial charge in [0.15, 0.2) is 0 Å². The van der Waals surface area contributed by atoms with Gasteiger partial charge in [0.25, 0.3) is 5.91 Å². The van der Waals surface area contributed by atoms with Crippen LogP contribution in [0.3, 0.4) is 0 Å². The SMILES string of the molecule is CCOc1nn(CC)cc1C(=O)Nc1ccccc1. The van der Waals surface area contributed by atoms with E-state index in [1.54, 1.807) is 10.9 Å². The quantitative estimate of drug-likeness (QED) is 0.897. The monoisotopic (exact) mass is 259 g/mol. The predicted molar refractivity (Wildman–Crippen MR) is 73.5 cm³/mol. The highest BCUT2D eigenvalue weighted by atomic mass is 16.5. The van der Waals surface area contributed by atoms with E-state index < -0.39 is 0 Å². The molecule has 1 aromatic carbocycles. The number of carbonyl (C=O) groups is 1. The van der Waals surface area contributed by atoms with Crippen LogP contribution in [0, 0.1) is 0 Å². The van der Waals surface area contributed by atoms with Crippen LogP contribution in [0.1, 0.15) is 24.2 Å². The molecular formula is C14H17N3O2. The van der Waals surface area contributed by atoms with Crippen LogP contribution in [0.15, 0.2) is 36.5 Å². The predicted octanol–water partition coefficient (Wildman–Crippen LogP) is 2.55. The third-order valence-electron chi connectivity index (χ3n) is 2.61. The summed E-state index contributed by atoms with van der Waals surface area (Å²) in [5.74, 6) is 0.159. The van der Waals surface area contributed by atoms with Gasteiger partial charge in [0.1, 0.15) is 5.56 Å². The third-order valence-corrected chi connectivity index (χ3v) is 2.61. The van der Waals surface area contributed by atoms with Crippen LogP contribution < -0.4 is 10.1 Å². The van der Waals surface area contributed by atoms with Crippen molar-refractivity contribution >= 4 is 11.6 Å². The van der Waals surface area contributed by atoms with Gasteiger partial charge in [-0.2, -0.15) is 0 Å². The lowest BCUT2D eigenvalue weighted by molar-refractivity contribution is 0.102. The van der Waals surface area contributed by atoms with Gasteiger partial charge in [0, 0.05) is 18.4 Å². The molecule has 1 amide bonds. The highest BCUT2D eigenvalue weighted by Crippen LogP contribution is 2.18. The molecule has 0 fully saturated rings. The highest BCUT2D eigenvalue weighted by molar-refractivity contribution is 6.05. The normalized spacial score (nSPS) is 10.2. The fraction of sp³-hybridized carbons (Fsp3) is 0.286. The fourth-order valence-electron chi connectivity index (χ4n) is 1.68. The van der Waals surface area contributed by atoms with Gasteiger partial charge in [-0.3, -0.25) is 9.48 Å². The minimum Gasteiger partial charge on any atom is -0.476 e. The summed E-state index contributed by atoms with van der Waals surface area (Å²) in [6.07, 6.45) is 1.70. The Bertz CT molecular complexity index is 549. The Morgan fingerprint density at radius 3 is 2.68 bits per heavy atom. The van der Waals surface area contributed by atoms with Crippen LogP contribution in [0.25, 0.3) is 0 Å². The Morgan fingerprint density at radius 2 is 2.05 bits per heavy atom. The average molecular weight is 259 g/mol. The van der Waals surface area contributed by atoms with Crippen LogP contribution in [0.4, 0.5) is 5.69 Å². The summed E-state index contributed by atoms with van der Waals surface area (Å²) in [6, 6.07) is 9.31. The molecule has 1 heterocycles. The molecule has 0 spiro atoms. The molecule has 1 N–H and O–H groups in total. The summed E-state index contributed by atoms with van der Waals surface area (Å²) in [7, 11) is 0. The number of ether oxygens (including phenoxy) is 1. The number of aromatic nitrogens is 2. The van der Waals surface area contributed by atoms with Gasteiger partial charge in [-0.25, -0.2) is 0 Å². The second kappa shape index (κ2) is 6.04. The molecule has 0 atom stereocenters. The number of amides is 1. The van der Waals surface area contributed by atoms with Crippen LogP contribution in [-0.2, 0) is 6.54 Å². The lowest BCUT2D eigenvalue weighted by Crippen LogP contribution is -2.12. The maximum absolute atomic E-state index is 12.2. The molecule has 0 radical (unpaired) electrons. The molecule has 2 aromatic rings. The van der Waals surface area contributed by atoms with E-state index in [1.807, 2.05) is 44.2 Å². The number of rotatable bonds is 5. The molecule has 0 bridgehead atoms. The van der Waals surface area contributed by atoms with Gasteiger partial charge in [0.05, 0.1) is 6.61 Å². The van der Waals surface area contributed by atoms with Gasteiger partial charge in [-0.15, -0.1) is 5.10 Å². The topological polar surface area (TPSA) is 56.2 Å². The lowest BCUT2D eigenvalue weighted by Gasteiger charge is -2.04. The first-order valence-electron chi connectivity index (χ1n) is 6.31. The van der Waals surface area contributed by atoms with E-state index in [1.165, 1.54) is 0 Å². The molecule has 0 saturated carbocycles. The third kappa shape index (κ3) is 3.13. The summed E-state index contributed by atoms with van der Waals surface area (Å²) < 4.78 is 7.07. The molecule has 0 aliphatic rings. The Morgan fingerprint density at radius 1 is 1.32 bits per heavy atom. The molecule has 0 unspecified atom stereocenters. The Balaban J connectivity index is 2.20. The van der Waals surface area contributed by atoms with Gasteiger partial charge in [0.2, 0.25) is 5.88 Å². The number of hydrogen-bond acceptors (Lipinski definition) is 3. The molecule has 0 saturated heterocycles. The Hall–Kier alpha value is -2.30. The number of para-hydroxylation sites is 1. The first-order chi connectivity index (χ1) is 9.24. The zero-order valence-corrected chi connectivity index (χ0v) is 11.1. The minimum atomic E-state index is -0.214. The number of aryl methyl sites for hydroxylation is 1. The van der Waals surface area contributed by atoms with Crippen molar-refractivity contribution in [3.63, 3.8) is 0 Å². The molecule has 1 aromatic heterocycles. The second-order valence-corrected chi connectivity index (χ2v) is 3.96. The number of carbonyl (C=O) groups excluding carboxylic acids is 1. The van der Waals surface area contributed by atoms with E-state index in [-0.39, 0.29) is 5.91 Å². The van der Waals surface area contributed by atoms with Gasteiger partial charge in [-0.1, -0.05) is 18.2 Å². The molecule has 5 heteroatoms. The Labute approximate surface area is 112 Å². The van der Waals surface area contributed by atoms with Crippen LogP contribution >= 0.6 is 0 Å². The largest absolute Gasteiger partial charge is 0.476 e. The van der Waals surface area contributed by atoms with Crippen molar-refractivity contribution in [3.05, 3.63) is 42.1 Å². The van der Waals surface area contributed by atoms with Gasteiger partial charge < -0.3 is 10.1 Å². The van der Waals surface area contributed by atoms with E-state index in [4.69, 9.17) is 4.74 Å². The lowest BCUT2D eigenvalue weighted by atomic mass is 10.3. The van der Waals surface area contributed by atoms with Crippen LogP contribution in [0.5, 0.6) is 5.88 Å². The van der Waals surface area contributed by atoms with Crippen molar-refractivity contribution in [1.82, 2.24) is 9.78 Å². The standard InChI is InChI=1S/C14H17N3O2/c1-3-17-10-12(14(16-17)19-4-2)13(18)15-11-8-6-5-7-9-11/h5-10H,3-4H2,1-2H3,(H,15,18). The minimum absolute atomic E-state index is 0.214. The summed E-state index contributed by atoms with van der Waals surface area (Å²) in [5, 5.41) is 7.04. The highest BCUT2D eigenvalue weighted by Gasteiger charge is 2.17. The number of anilines is 1. The molecular weight excluding hydrogens is 242 g/mol. The van der Waals surface area contributed by atoms with Crippen molar-refractivity contribution in [2.75, 3.05) is 11.9 Å². The fourth-order valence-corrected chi connectivity index (χ4v) is 1.68. The molecule has 0 aliphatic heterocycles. The molecule has 0 aliphatic carbocycles. The average Bonchev–Trinajstić information content (AvgIpc) is 2.84. The van der Waals surface area contributed by atoms with Crippen LogP contribution in [0.2, 0.25) is 0 Å². The zero-order valence-electron chi connectivity index (χ0n) is 11.1. The molecule has 5 nitrogen and oxygen atoms in total. The van der Waals surface area contributed by atoms with Gasteiger partial charge in [-0.05, 0) is 26.0 Å². The zero-order chi connectivity index (χ0) is 13.7. The van der Waals surface area contributed by atoms with Crippen LogP contribution in [-0.4, -0.2) is 22.3 Å². The summed E-state index contributed by atoms with van der Waals surface area (Å²) in [5.41, 5.74) is 1.20. The molecule has 100 valence electrons. The summed E-state index contributed by atoms with van der Waals surface area (Å²) in [6.45, 7) is 5.00. The number of benzene rings is 1. The second-order valence-electron chi connectivity index (χ2n) is 3.96. The van der Waals surface area contributed by atoms with E-state index in [0.29, 0.717) is 24.6 Å². The summed E-state index contributed by atoms with van der Waals surface area (Å²) >= 11 is 0. The van der Waals surface area contributed by atoms with Crippen molar-refractivity contribution in [2.24, 2.45) is 0 Å². The van der Waals surface area contributed by atoms with Crippen molar-refractivity contribution in [1.29, 1.82) is 0 Å². The first-order valence-corrected chi connectivity index (χ1v) is 6.31. The molecule has 2 rings (SSSR count). The van der Waals surface area contributed by atoms with E-state index in [2.05, 4.69) is 10.4 Å². The van der Waals surface area contributed by atoms with E-state index in [9.17, 15) is 4.79 Å². The Kier molecular flexibility index (Phi) is 4.18. The number of nitrogens with one attached hydrogen (secondary N) is 1. The maximum atomic E-state index is 12.2. The molecule has 19 heavy (non-hydrogen) atoms. The van der Waals surface area contributed by atoms with Crippen molar-refractivity contribution in [3.8, 4) is 5.88 Å². The number of hydrogen-bond donors (Lipinski definition) is 1. The van der Waals surface area contributed by atoms with Crippen molar-refractivity contribution in [2.45, 2.75) is 20.4 Å². The smallest absolute Gasteiger partial charge is 0.262 e. The first kappa shape index (κ1) is 13.1. The number of nitrogens with zero attached hydrogens (tertiary/aromatic N) is 2. The summed E-state index contributed by atoms with van der Waals surface area (Å²) in [4.78, 5) is 12.2. The maximum Gasteiger partial charge on any atom is 0.262 e. The van der Waals surface area contributed by atoms with Gasteiger partial charge >= 0.3 is 0 Å². The van der Waals surface area contributed by atoms with Crippen molar-refractivity contribution < 1.29 is 9.53 Å². The van der Waals surface area contributed by atoms with E-state index >= 15 is 0 Å².